The van der Waals surface area contributed by atoms with Crippen LogP contribution in [-0.4, -0.2) is 41.9 Å². The molecule has 2 rings (SSSR count). The molecule has 1 aliphatic heterocycles. The Morgan fingerprint density at radius 1 is 1.25 bits per heavy atom. The highest BCUT2D eigenvalue weighted by atomic mass is 35.5. The van der Waals surface area contributed by atoms with Gasteiger partial charge < -0.3 is 14.6 Å². The first-order valence-electron chi connectivity index (χ1n) is 6.97. The molecule has 1 N–H and O–H groups in total. The van der Waals surface area contributed by atoms with Crippen molar-refractivity contribution in [3.63, 3.8) is 0 Å². The second-order valence-electron chi connectivity index (χ2n) is 5.47. The zero-order valence-electron chi connectivity index (χ0n) is 12.2. The van der Waals surface area contributed by atoms with Crippen LogP contribution in [0.5, 0.6) is 11.5 Å². The number of ether oxygens (including phenoxy) is 2. The van der Waals surface area contributed by atoms with Crippen LogP contribution in [0.3, 0.4) is 0 Å². The summed E-state index contributed by atoms with van der Waals surface area (Å²) in [6, 6.07) is 4.22. The second-order valence-corrected chi connectivity index (χ2v) is 5.88. The van der Waals surface area contributed by atoms with Gasteiger partial charge in [0, 0.05) is 19.1 Å². The van der Waals surface area contributed by atoms with Gasteiger partial charge in [-0.15, -0.1) is 0 Å². The van der Waals surface area contributed by atoms with Crippen LogP contribution in [0.2, 0.25) is 5.02 Å². The van der Waals surface area contributed by atoms with Gasteiger partial charge in [0.15, 0.2) is 11.5 Å². The molecule has 0 radical (unpaired) electrons. The molecule has 0 bridgehead atoms. The van der Waals surface area contributed by atoms with E-state index in [1.54, 1.807) is 6.92 Å². The molecule has 20 heavy (non-hydrogen) atoms. The summed E-state index contributed by atoms with van der Waals surface area (Å²) in [4.78, 5) is 2.20. The van der Waals surface area contributed by atoms with E-state index in [4.69, 9.17) is 21.1 Å². The Kier molecular flexibility index (Phi) is 5.13. The van der Waals surface area contributed by atoms with Gasteiger partial charge in [-0.3, -0.25) is 4.90 Å². The molecule has 112 valence electrons. The highest BCUT2D eigenvalue weighted by molar-refractivity contribution is 6.32. The average Bonchev–Trinajstić information content (AvgIpc) is 2.37. The third-order valence-corrected chi connectivity index (χ3v) is 3.55. The Bertz CT molecular complexity index is 463. The van der Waals surface area contributed by atoms with Gasteiger partial charge in [0.2, 0.25) is 0 Å². The number of aliphatic hydroxyl groups is 1. The predicted octanol–water partition coefficient (Wildman–Crippen LogP) is 2.70. The Morgan fingerprint density at radius 3 is 2.60 bits per heavy atom. The van der Waals surface area contributed by atoms with Crippen LogP contribution in [0.4, 0.5) is 0 Å². The van der Waals surface area contributed by atoms with E-state index in [-0.39, 0.29) is 6.10 Å². The van der Waals surface area contributed by atoms with Crippen molar-refractivity contribution < 1.29 is 14.6 Å². The lowest BCUT2D eigenvalue weighted by Crippen LogP contribution is -2.36. The first-order chi connectivity index (χ1) is 9.47. The van der Waals surface area contributed by atoms with Crippen molar-refractivity contribution in [2.75, 3.05) is 19.8 Å². The van der Waals surface area contributed by atoms with Gasteiger partial charge in [-0.2, -0.15) is 0 Å². The van der Waals surface area contributed by atoms with Gasteiger partial charge in [0.25, 0.3) is 0 Å². The maximum Gasteiger partial charge on any atom is 0.179 e. The molecular formula is C15H22ClNO3. The molecular weight excluding hydrogens is 278 g/mol. The van der Waals surface area contributed by atoms with Crippen molar-refractivity contribution in [2.24, 2.45) is 0 Å². The standard InChI is InChI=1S/C15H22ClNO3/c1-10(2)17(8-11(3)18)9-12-6-13(16)15-14(7-12)19-4-5-20-15/h6-7,10-11,18H,4-5,8-9H2,1-3H3. The third-order valence-electron chi connectivity index (χ3n) is 3.27. The van der Waals surface area contributed by atoms with Crippen molar-refractivity contribution in [2.45, 2.75) is 39.5 Å². The highest BCUT2D eigenvalue weighted by Gasteiger charge is 2.19. The topological polar surface area (TPSA) is 41.9 Å². The largest absolute Gasteiger partial charge is 0.486 e. The number of rotatable bonds is 5. The van der Waals surface area contributed by atoms with Crippen molar-refractivity contribution in [3.05, 3.63) is 22.7 Å². The van der Waals surface area contributed by atoms with Gasteiger partial charge in [0.1, 0.15) is 13.2 Å². The van der Waals surface area contributed by atoms with Gasteiger partial charge in [-0.1, -0.05) is 11.6 Å². The number of benzene rings is 1. The molecule has 0 amide bonds. The zero-order chi connectivity index (χ0) is 14.7. The summed E-state index contributed by atoms with van der Waals surface area (Å²) in [5.74, 6) is 1.34. The summed E-state index contributed by atoms with van der Waals surface area (Å²) in [7, 11) is 0. The summed E-state index contributed by atoms with van der Waals surface area (Å²) in [5, 5.41) is 10.2. The minimum absolute atomic E-state index is 0.344. The van der Waals surface area contributed by atoms with E-state index in [9.17, 15) is 5.11 Å². The summed E-state index contributed by atoms with van der Waals surface area (Å²) in [6.07, 6.45) is -0.356. The highest BCUT2D eigenvalue weighted by Crippen LogP contribution is 2.38. The number of hydrogen-bond donors (Lipinski definition) is 1. The Balaban J connectivity index is 2.17. The summed E-state index contributed by atoms with van der Waals surface area (Å²) < 4.78 is 11.1. The second kappa shape index (κ2) is 6.66. The Labute approximate surface area is 125 Å². The van der Waals surface area contributed by atoms with Crippen LogP contribution in [0.15, 0.2) is 12.1 Å². The molecule has 1 aliphatic rings. The third kappa shape index (κ3) is 3.78. The molecule has 0 aliphatic carbocycles. The number of fused-ring (bicyclic) bond motifs is 1. The van der Waals surface area contributed by atoms with E-state index in [1.165, 1.54) is 0 Å². The molecule has 4 nitrogen and oxygen atoms in total. The molecule has 1 atom stereocenters. The van der Waals surface area contributed by atoms with Gasteiger partial charge in [-0.25, -0.2) is 0 Å². The number of nitrogens with zero attached hydrogens (tertiary/aromatic N) is 1. The summed E-state index contributed by atoms with van der Waals surface area (Å²) in [5.41, 5.74) is 1.06. The quantitative estimate of drug-likeness (QED) is 0.908. The molecule has 0 saturated carbocycles. The first kappa shape index (κ1) is 15.4. The fourth-order valence-corrected chi connectivity index (χ4v) is 2.58. The number of halogens is 1. The van der Waals surface area contributed by atoms with E-state index in [0.717, 1.165) is 12.1 Å². The van der Waals surface area contributed by atoms with Crippen LogP contribution in [0, 0.1) is 0 Å². The lowest BCUT2D eigenvalue weighted by atomic mass is 10.1. The van der Waals surface area contributed by atoms with Crippen LogP contribution in [0.1, 0.15) is 26.3 Å². The molecule has 1 aromatic rings. The first-order valence-corrected chi connectivity index (χ1v) is 7.35. The fourth-order valence-electron chi connectivity index (χ4n) is 2.29. The molecule has 5 heteroatoms. The van der Waals surface area contributed by atoms with Crippen molar-refractivity contribution >= 4 is 11.6 Å². The van der Waals surface area contributed by atoms with E-state index in [1.807, 2.05) is 12.1 Å². The monoisotopic (exact) mass is 299 g/mol. The maximum atomic E-state index is 9.58. The normalized spacial score (nSPS) is 15.8. The Hall–Kier alpha value is -0.970. The van der Waals surface area contributed by atoms with E-state index in [2.05, 4.69) is 18.7 Å². The summed E-state index contributed by atoms with van der Waals surface area (Å²) in [6.45, 7) is 8.46. The van der Waals surface area contributed by atoms with Gasteiger partial charge in [-0.05, 0) is 38.5 Å². The minimum atomic E-state index is -0.356. The van der Waals surface area contributed by atoms with Crippen molar-refractivity contribution in [3.8, 4) is 11.5 Å². The lowest BCUT2D eigenvalue weighted by Gasteiger charge is -2.28. The summed E-state index contributed by atoms with van der Waals surface area (Å²) >= 11 is 6.24. The fraction of sp³-hybridized carbons (Fsp3) is 0.600. The lowest BCUT2D eigenvalue weighted by molar-refractivity contribution is 0.102. The van der Waals surface area contributed by atoms with E-state index < -0.39 is 0 Å². The number of hydrogen-bond acceptors (Lipinski definition) is 4. The SMILES string of the molecule is CC(O)CN(Cc1cc(Cl)c2c(c1)OCCO2)C(C)C. The molecule has 0 saturated heterocycles. The van der Waals surface area contributed by atoms with E-state index >= 15 is 0 Å². The molecule has 1 unspecified atom stereocenters. The number of aliphatic hydroxyl groups excluding tert-OH is 1. The maximum absolute atomic E-state index is 9.58. The minimum Gasteiger partial charge on any atom is -0.486 e. The van der Waals surface area contributed by atoms with Crippen molar-refractivity contribution in [1.82, 2.24) is 4.90 Å². The molecule has 0 aromatic heterocycles. The van der Waals surface area contributed by atoms with Crippen LogP contribution >= 0.6 is 11.6 Å². The van der Waals surface area contributed by atoms with E-state index in [0.29, 0.717) is 42.3 Å². The molecule has 1 heterocycles. The van der Waals surface area contributed by atoms with Crippen LogP contribution in [-0.2, 0) is 6.54 Å². The zero-order valence-corrected chi connectivity index (χ0v) is 13.0. The van der Waals surface area contributed by atoms with Gasteiger partial charge >= 0.3 is 0 Å². The van der Waals surface area contributed by atoms with Crippen molar-refractivity contribution in [1.29, 1.82) is 0 Å². The van der Waals surface area contributed by atoms with Gasteiger partial charge in [0.05, 0.1) is 11.1 Å². The molecule has 1 aromatic carbocycles. The molecule has 0 spiro atoms. The predicted molar refractivity (Wildman–Crippen MR) is 79.7 cm³/mol. The average molecular weight is 300 g/mol. The van der Waals surface area contributed by atoms with Crippen LogP contribution in [0.25, 0.3) is 0 Å². The Morgan fingerprint density at radius 2 is 1.95 bits per heavy atom. The smallest absolute Gasteiger partial charge is 0.179 e. The molecule has 0 fully saturated rings. The van der Waals surface area contributed by atoms with Crippen LogP contribution < -0.4 is 9.47 Å².